The van der Waals surface area contributed by atoms with Gasteiger partial charge >= 0.3 is 0 Å². The van der Waals surface area contributed by atoms with Gasteiger partial charge in [-0.1, -0.05) is 11.6 Å². The highest BCUT2D eigenvalue weighted by Gasteiger charge is 2.47. The number of hydrogen-bond acceptors (Lipinski definition) is 11. The Morgan fingerprint density at radius 2 is 2.05 bits per heavy atom. The molecule has 4 N–H and O–H groups in total. The minimum Gasteiger partial charge on any atom is -0.495 e. The number of aliphatic hydroxyl groups is 2. The monoisotopic (exact) mass is 526 g/mol. The maximum absolute atomic E-state index is 12.1. The number of fused-ring (bicyclic) bond motifs is 1. The second-order valence-electron chi connectivity index (χ2n) is 8.19. The topological polar surface area (TPSA) is 169 Å². The predicted molar refractivity (Wildman–Crippen MR) is 132 cm³/mol. The number of pyridine rings is 2. The summed E-state index contributed by atoms with van der Waals surface area (Å²) in [5.41, 5.74) is 1.90. The number of imidazole rings is 1. The molecule has 1 saturated heterocycles. The molecule has 0 saturated carbocycles. The lowest BCUT2D eigenvalue weighted by molar-refractivity contribution is -0.137. The lowest BCUT2D eigenvalue weighted by atomic mass is 10.1. The molecule has 5 heterocycles. The lowest BCUT2D eigenvalue weighted by Crippen LogP contribution is -2.41. The molecule has 1 amide bonds. The maximum Gasteiger partial charge on any atom is 0.251 e. The van der Waals surface area contributed by atoms with Gasteiger partial charge < -0.3 is 30.3 Å². The number of halogens is 1. The Morgan fingerprint density at radius 1 is 1.22 bits per heavy atom. The van der Waals surface area contributed by atoms with Gasteiger partial charge in [-0.2, -0.15) is 0 Å². The summed E-state index contributed by atoms with van der Waals surface area (Å²) in [5, 5.41) is 27.3. The fourth-order valence-corrected chi connectivity index (χ4v) is 4.16. The third-order valence-electron chi connectivity index (χ3n) is 5.86. The van der Waals surface area contributed by atoms with Gasteiger partial charge in [0.05, 0.1) is 31.9 Å². The molecule has 4 unspecified atom stereocenters. The third kappa shape index (κ3) is 4.76. The minimum absolute atomic E-state index is 0.287. The number of nitrogens with zero attached hydrogens (tertiary/aromatic N) is 6. The summed E-state index contributed by atoms with van der Waals surface area (Å²) < 4.78 is 12.5. The van der Waals surface area contributed by atoms with Crippen molar-refractivity contribution in [2.75, 3.05) is 19.5 Å². The summed E-state index contributed by atoms with van der Waals surface area (Å²) in [6.45, 7) is 0.287. The van der Waals surface area contributed by atoms with E-state index in [2.05, 4.69) is 35.6 Å². The van der Waals surface area contributed by atoms with Crippen molar-refractivity contribution in [1.29, 1.82) is 0 Å². The summed E-state index contributed by atoms with van der Waals surface area (Å²) in [4.78, 5) is 34.3. The number of rotatable bonds is 7. The minimum atomic E-state index is -1.45. The molecule has 1 fully saturated rings. The Hall–Kier alpha value is -3.91. The molecule has 1 aliphatic rings. The van der Waals surface area contributed by atoms with Gasteiger partial charge in [0.25, 0.3) is 5.91 Å². The summed E-state index contributed by atoms with van der Waals surface area (Å²) in [5.74, 6) is 0.614. The number of aromatic nitrogens is 6. The van der Waals surface area contributed by atoms with Crippen molar-refractivity contribution in [2.24, 2.45) is 0 Å². The van der Waals surface area contributed by atoms with Crippen molar-refractivity contribution < 1.29 is 24.5 Å². The van der Waals surface area contributed by atoms with Crippen molar-refractivity contribution >= 4 is 34.5 Å². The molecule has 0 aromatic carbocycles. The first-order valence-electron chi connectivity index (χ1n) is 11.2. The molecular formula is C23H23ClN8O5. The predicted octanol–water partition coefficient (Wildman–Crippen LogP) is 0.923. The van der Waals surface area contributed by atoms with Crippen LogP contribution in [0, 0.1) is 0 Å². The van der Waals surface area contributed by atoms with E-state index in [1.807, 2.05) is 0 Å². The number of carbonyl (C=O) groups is 1. The summed E-state index contributed by atoms with van der Waals surface area (Å²) in [6, 6.07) is 5.13. The Bertz CT molecular complexity index is 1450. The number of ether oxygens (including phenoxy) is 2. The van der Waals surface area contributed by atoms with Gasteiger partial charge in [-0.25, -0.2) is 15.0 Å². The molecular weight excluding hydrogens is 504 g/mol. The quantitative estimate of drug-likeness (QED) is 0.270. The first kappa shape index (κ1) is 24.8. The molecule has 0 bridgehead atoms. The highest BCUT2D eigenvalue weighted by Crippen LogP contribution is 2.34. The van der Waals surface area contributed by atoms with Crippen LogP contribution < -0.4 is 15.4 Å². The maximum atomic E-state index is 12.1. The Labute approximate surface area is 215 Å². The third-order valence-corrected chi connectivity index (χ3v) is 6.10. The van der Waals surface area contributed by atoms with Crippen molar-refractivity contribution in [3.63, 3.8) is 0 Å². The molecule has 4 aromatic rings. The van der Waals surface area contributed by atoms with Crippen LogP contribution in [0.15, 0.2) is 43.1 Å². The highest BCUT2D eigenvalue weighted by atomic mass is 35.5. The number of aliphatic hydroxyl groups excluding tert-OH is 2. The standard InChI is InChI=1S/C23H23ClN8O5/c1-25-22(35)18-16(33)17(34)23(37-18)32-10-29-15-20(28-8-13-6-12(24)3-4-27-13)30-19(31-21(15)32)11-5-14(36-2)9-26-7-11/h3-7,9-10,16-18,23,33-34H,8H2,1-2H3,(H,25,35)(H,28,30,31). The van der Waals surface area contributed by atoms with Crippen LogP contribution in [0.5, 0.6) is 5.75 Å². The Balaban J connectivity index is 1.59. The number of likely N-dealkylation sites (N-methyl/N-ethyl adjacent to an activating group) is 1. The van der Waals surface area contributed by atoms with Crippen LogP contribution in [0.2, 0.25) is 5.02 Å². The van der Waals surface area contributed by atoms with Crippen LogP contribution in [0.4, 0.5) is 5.82 Å². The van der Waals surface area contributed by atoms with Crippen LogP contribution in [-0.4, -0.2) is 78.1 Å². The second-order valence-corrected chi connectivity index (χ2v) is 8.63. The van der Waals surface area contributed by atoms with E-state index in [4.69, 9.17) is 21.1 Å². The van der Waals surface area contributed by atoms with Crippen molar-refractivity contribution in [2.45, 2.75) is 31.1 Å². The molecule has 0 spiro atoms. The Morgan fingerprint density at radius 3 is 2.81 bits per heavy atom. The normalized spacial score (nSPS) is 21.2. The van der Waals surface area contributed by atoms with Crippen LogP contribution in [0.25, 0.3) is 22.6 Å². The number of carbonyl (C=O) groups excluding carboxylic acids is 1. The van der Waals surface area contributed by atoms with E-state index < -0.39 is 30.4 Å². The summed E-state index contributed by atoms with van der Waals surface area (Å²) >= 11 is 6.09. The largest absolute Gasteiger partial charge is 0.495 e. The van der Waals surface area contributed by atoms with Crippen molar-refractivity contribution in [3.05, 3.63) is 53.8 Å². The van der Waals surface area contributed by atoms with Crippen molar-refractivity contribution in [3.8, 4) is 17.1 Å². The molecule has 13 nitrogen and oxygen atoms in total. The number of anilines is 1. The highest BCUT2D eigenvalue weighted by molar-refractivity contribution is 6.30. The van der Waals surface area contributed by atoms with Gasteiger partial charge in [-0.15, -0.1) is 0 Å². The van der Waals surface area contributed by atoms with Crippen LogP contribution in [-0.2, 0) is 16.1 Å². The van der Waals surface area contributed by atoms with Gasteiger partial charge in [0.15, 0.2) is 35.1 Å². The van der Waals surface area contributed by atoms with Crippen LogP contribution >= 0.6 is 11.6 Å². The summed E-state index contributed by atoms with van der Waals surface area (Å²) in [6.07, 6.45) is 0.889. The van der Waals surface area contributed by atoms with Gasteiger partial charge in [0.1, 0.15) is 18.0 Å². The van der Waals surface area contributed by atoms with E-state index in [1.54, 1.807) is 36.8 Å². The number of amides is 1. The fourth-order valence-electron chi connectivity index (χ4n) is 3.98. The average molecular weight is 527 g/mol. The molecule has 14 heteroatoms. The fraction of sp³-hybridized carbons (Fsp3) is 0.304. The van der Waals surface area contributed by atoms with Crippen molar-refractivity contribution in [1.82, 2.24) is 34.8 Å². The van der Waals surface area contributed by atoms with Gasteiger partial charge in [0.2, 0.25) is 0 Å². The molecule has 0 aliphatic carbocycles. The SMILES string of the molecule is CNC(=O)C1OC(n2cnc3c(NCc4cc(Cl)ccn4)nc(-c4cncc(OC)c4)nc32)C(O)C1O. The van der Waals surface area contributed by atoms with Gasteiger partial charge in [-0.05, 0) is 18.2 Å². The molecule has 1 aliphatic heterocycles. The lowest BCUT2D eigenvalue weighted by Gasteiger charge is -2.17. The molecule has 4 atom stereocenters. The molecule has 0 radical (unpaired) electrons. The van der Waals surface area contributed by atoms with E-state index in [1.165, 1.54) is 25.1 Å². The average Bonchev–Trinajstić information content (AvgIpc) is 3.47. The zero-order chi connectivity index (χ0) is 26.1. The van der Waals surface area contributed by atoms with E-state index >= 15 is 0 Å². The second kappa shape index (κ2) is 10.2. The van der Waals surface area contributed by atoms with Crippen LogP contribution in [0.3, 0.4) is 0 Å². The Kier molecular flexibility index (Phi) is 6.84. The summed E-state index contributed by atoms with van der Waals surface area (Å²) in [7, 11) is 2.94. The number of nitrogens with one attached hydrogen (secondary N) is 2. The molecule has 192 valence electrons. The van der Waals surface area contributed by atoms with Gasteiger partial charge in [0, 0.05) is 30.0 Å². The zero-order valence-electron chi connectivity index (χ0n) is 19.7. The van der Waals surface area contributed by atoms with Gasteiger partial charge in [-0.3, -0.25) is 19.3 Å². The first-order chi connectivity index (χ1) is 17.9. The molecule has 4 aromatic heterocycles. The zero-order valence-corrected chi connectivity index (χ0v) is 20.5. The molecule has 5 rings (SSSR count). The smallest absolute Gasteiger partial charge is 0.251 e. The van der Waals surface area contributed by atoms with E-state index in [9.17, 15) is 15.0 Å². The molecule has 37 heavy (non-hydrogen) atoms. The number of methoxy groups -OCH3 is 1. The van der Waals surface area contributed by atoms with Crippen LogP contribution in [0.1, 0.15) is 11.9 Å². The van der Waals surface area contributed by atoms with E-state index in [-0.39, 0.29) is 12.4 Å². The van der Waals surface area contributed by atoms with E-state index in [0.29, 0.717) is 39.0 Å². The van der Waals surface area contributed by atoms with E-state index in [0.717, 1.165) is 0 Å². The number of hydrogen-bond donors (Lipinski definition) is 4. The first-order valence-corrected chi connectivity index (χ1v) is 11.6.